The summed E-state index contributed by atoms with van der Waals surface area (Å²) >= 11 is 0. The summed E-state index contributed by atoms with van der Waals surface area (Å²) in [5.74, 6) is -1.00. The van der Waals surface area contributed by atoms with Crippen molar-refractivity contribution >= 4 is 5.97 Å². The van der Waals surface area contributed by atoms with E-state index in [0.717, 1.165) is 0 Å². The first-order chi connectivity index (χ1) is 4.27. The van der Waals surface area contributed by atoms with E-state index < -0.39 is 5.97 Å². The molecule has 0 atom stereocenters. The Labute approximate surface area is 54.6 Å². The van der Waals surface area contributed by atoms with E-state index in [1.54, 1.807) is 0 Å². The second-order valence-corrected chi connectivity index (χ2v) is 1.67. The standard InChI is InChI=1S/C6H12O3/c1-2-9-5-3-4-6(7)8/h2-5H2,1H3,(H,7,8)/p-1. The van der Waals surface area contributed by atoms with Gasteiger partial charge in [-0.15, -0.1) is 0 Å². The predicted molar refractivity (Wildman–Crippen MR) is 30.7 cm³/mol. The van der Waals surface area contributed by atoms with Crippen LogP contribution in [0.15, 0.2) is 0 Å². The van der Waals surface area contributed by atoms with E-state index in [9.17, 15) is 9.90 Å². The molecule has 0 radical (unpaired) electrons. The first-order valence-corrected chi connectivity index (χ1v) is 3.05. The lowest BCUT2D eigenvalue weighted by Crippen LogP contribution is -2.22. The molecule has 0 spiro atoms. The molecule has 0 aromatic heterocycles. The zero-order valence-corrected chi connectivity index (χ0v) is 5.55. The Balaban J connectivity index is 2.83. The number of carbonyl (C=O) groups is 1. The molecule has 0 heterocycles. The second-order valence-electron chi connectivity index (χ2n) is 1.67. The fraction of sp³-hybridized carbons (Fsp3) is 0.833. The SMILES string of the molecule is CCOCCCC(=O)[O-]. The van der Waals surface area contributed by atoms with Crippen LogP contribution in [0.25, 0.3) is 0 Å². The van der Waals surface area contributed by atoms with Gasteiger partial charge in [-0.1, -0.05) is 0 Å². The Bertz CT molecular complexity index is 80.4. The molecule has 0 aliphatic rings. The Morgan fingerprint density at radius 1 is 1.67 bits per heavy atom. The molecule has 3 nitrogen and oxygen atoms in total. The number of ether oxygens (including phenoxy) is 1. The van der Waals surface area contributed by atoms with Gasteiger partial charge in [0.15, 0.2) is 0 Å². The van der Waals surface area contributed by atoms with Crippen LogP contribution in [0.3, 0.4) is 0 Å². The lowest BCUT2D eigenvalue weighted by atomic mass is 10.3. The largest absolute Gasteiger partial charge is 0.550 e. The molecule has 0 fully saturated rings. The Morgan fingerprint density at radius 2 is 2.33 bits per heavy atom. The number of hydrogen-bond donors (Lipinski definition) is 0. The zero-order valence-electron chi connectivity index (χ0n) is 5.55. The summed E-state index contributed by atoms with van der Waals surface area (Å²) in [4.78, 5) is 9.80. The van der Waals surface area contributed by atoms with E-state index in [1.807, 2.05) is 6.92 Å². The Morgan fingerprint density at radius 3 is 2.78 bits per heavy atom. The van der Waals surface area contributed by atoms with Gasteiger partial charge in [-0.05, 0) is 19.8 Å². The number of carboxylic acid groups (broad SMARTS) is 1. The first-order valence-electron chi connectivity index (χ1n) is 3.05. The molecule has 0 saturated carbocycles. The Hall–Kier alpha value is -0.570. The molecule has 3 heteroatoms. The van der Waals surface area contributed by atoms with Crippen molar-refractivity contribution in [3.8, 4) is 0 Å². The smallest absolute Gasteiger partial charge is 0.0469 e. The third-order valence-corrected chi connectivity index (χ3v) is 0.874. The third-order valence-electron chi connectivity index (χ3n) is 0.874. The minimum absolute atomic E-state index is 0.0972. The van der Waals surface area contributed by atoms with Crippen LogP contribution in [0.4, 0.5) is 0 Å². The highest BCUT2D eigenvalue weighted by Gasteiger charge is 1.86. The fourth-order valence-corrected chi connectivity index (χ4v) is 0.463. The molecule has 0 bridgehead atoms. The third kappa shape index (κ3) is 7.43. The predicted octanol–water partition coefficient (Wildman–Crippen LogP) is -0.447. The highest BCUT2D eigenvalue weighted by Crippen LogP contribution is 1.86. The zero-order chi connectivity index (χ0) is 7.11. The van der Waals surface area contributed by atoms with E-state index in [4.69, 9.17) is 4.74 Å². The molecule has 9 heavy (non-hydrogen) atoms. The molecule has 0 aromatic carbocycles. The molecule has 0 unspecified atom stereocenters. The molecule has 0 aromatic rings. The molecular formula is C6H11O3-. The molecule has 0 rings (SSSR count). The van der Waals surface area contributed by atoms with Crippen LogP contribution >= 0.6 is 0 Å². The van der Waals surface area contributed by atoms with Crippen molar-refractivity contribution in [2.24, 2.45) is 0 Å². The van der Waals surface area contributed by atoms with Gasteiger partial charge >= 0.3 is 0 Å². The summed E-state index contributed by atoms with van der Waals surface area (Å²) in [7, 11) is 0. The maximum absolute atomic E-state index is 9.80. The van der Waals surface area contributed by atoms with Crippen LogP contribution in [0, 0.1) is 0 Å². The minimum atomic E-state index is -1.00. The van der Waals surface area contributed by atoms with Gasteiger partial charge < -0.3 is 14.6 Å². The van der Waals surface area contributed by atoms with Crippen molar-refractivity contribution in [1.82, 2.24) is 0 Å². The summed E-state index contributed by atoms with van der Waals surface area (Å²) in [6.07, 6.45) is 0.649. The van der Waals surface area contributed by atoms with Gasteiger partial charge in [-0.3, -0.25) is 0 Å². The van der Waals surface area contributed by atoms with Gasteiger partial charge in [0.05, 0.1) is 0 Å². The molecule has 0 saturated heterocycles. The van der Waals surface area contributed by atoms with Crippen molar-refractivity contribution in [1.29, 1.82) is 0 Å². The van der Waals surface area contributed by atoms with Gasteiger partial charge in [0.1, 0.15) is 0 Å². The van der Waals surface area contributed by atoms with E-state index in [0.29, 0.717) is 19.6 Å². The highest BCUT2D eigenvalue weighted by atomic mass is 16.5. The van der Waals surface area contributed by atoms with Crippen LogP contribution < -0.4 is 5.11 Å². The van der Waals surface area contributed by atoms with Crippen molar-refractivity contribution in [2.75, 3.05) is 13.2 Å². The van der Waals surface area contributed by atoms with Gasteiger partial charge in [0.25, 0.3) is 0 Å². The monoisotopic (exact) mass is 131 g/mol. The van der Waals surface area contributed by atoms with Crippen LogP contribution in [-0.2, 0) is 9.53 Å². The van der Waals surface area contributed by atoms with E-state index in [1.165, 1.54) is 0 Å². The van der Waals surface area contributed by atoms with Gasteiger partial charge in [0.2, 0.25) is 0 Å². The first kappa shape index (κ1) is 8.43. The van der Waals surface area contributed by atoms with Gasteiger partial charge in [-0.25, -0.2) is 0 Å². The topological polar surface area (TPSA) is 49.4 Å². The van der Waals surface area contributed by atoms with E-state index >= 15 is 0 Å². The van der Waals surface area contributed by atoms with Crippen LogP contribution in [0.1, 0.15) is 19.8 Å². The number of rotatable bonds is 5. The van der Waals surface area contributed by atoms with E-state index in [2.05, 4.69) is 0 Å². The summed E-state index contributed by atoms with van der Waals surface area (Å²) in [5, 5.41) is 9.80. The summed E-state index contributed by atoms with van der Waals surface area (Å²) < 4.78 is 4.89. The van der Waals surface area contributed by atoms with Crippen LogP contribution in [-0.4, -0.2) is 19.2 Å². The summed E-state index contributed by atoms with van der Waals surface area (Å²) in [5.41, 5.74) is 0. The van der Waals surface area contributed by atoms with Crippen molar-refractivity contribution in [3.63, 3.8) is 0 Å². The van der Waals surface area contributed by atoms with Crippen molar-refractivity contribution < 1.29 is 14.6 Å². The normalized spacial score (nSPS) is 9.44. The maximum atomic E-state index is 9.80. The lowest BCUT2D eigenvalue weighted by Gasteiger charge is -2.00. The minimum Gasteiger partial charge on any atom is -0.550 e. The number of hydrogen-bond acceptors (Lipinski definition) is 3. The maximum Gasteiger partial charge on any atom is 0.0469 e. The van der Waals surface area contributed by atoms with E-state index in [-0.39, 0.29) is 6.42 Å². The molecule has 0 aliphatic carbocycles. The average Bonchev–Trinajstić information content (AvgIpc) is 1.80. The molecule has 0 N–H and O–H groups in total. The van der Waals surface area contributed by atoms with Crippen LogP contribution in [0.5, 0.6) is 0 Å². The Kier molecular flexibility index (Phi) is 5.21. The highest BCUT2D eigenvalue weighted by molar-refractivity contribution is 5.64. The van der Waals surface area contributed by atoms with Gasteiger partial charge in [0, 0.05) is 19.2 Å². The van der Waals surface area contributed by atoms with Crippen LogP contribution in [0.2, 0.25) is 0 Å². The van der Waals surface area contributed by atoms with Gasteiger partial charge in [-0.2, -0.15) is 0 Å². The van der Waals surface area contributed by atoms with Crippen molar-refractivity contribution in [3.05, 3.63) is 0 Å². The average molecular weight is 131 g/mol. The second kappa shape index (κ2) is 5.56. The van der Waals surface area contributed by atoms with Crippen molar-refractivity contribution in [2.45, 2.75) is 19.8 Å². The molecular weight excluding hydrogens is 120 g/mol. The molecule has 0 aliphatic heterocycles. The number of carboxylic acids is 1. The summed E-state index contributed by atoms with van der Waals surface area (Å²) in [6, 6.07) is 0. The lowest BCUT2D eigenvalue weighted by molar-refractivity contribution is -0.305. The fourth-order valence-electron chi connectivity index (χ4n) is 0.463. The quantitative estimate of drug-likeness (QED) is 0.475. The molecule has 0 amide bonds. The number of aliphatic carboxylic acids is 1. The summed E-state index contributed by atoms with van der Waals surface area (Å²) in [6.45, 7) is 3.04. The molecule has 54 valence electrons. The number of carbonyl (C=O) groups excluding carboxylic acids is 1.